The van der Waals surface area contributed by atoms with Crippen LogP contribution >= 0.6 is 35.2 Å². The van der Waals surface area contributed by atoms with Crippen LogP contribution in [0.3, 0.4) is 0 Å². The monoisotopic (exact) mass is 297 g/mol. The smallest absolute Gasteiger partial charge is 0.104 e. The first-order valence-electron chi connectivity index (χ1n) is 5.25. The normalized spacial score (nSPS) is 10.3. The lowest BCUT2D eigenvalue weighted by Crippen LogP contribution is -2.17. The molecule has 0 saturated carbocycles. The molecule has 6 heteroatoms. The van der Waals surface area contributed by atoms with Gasteiger partial charge in [0.2, 0.25) is 0 Å². The van der Waals surface area contributed by atoms with Crippen LogP contribution in [0.15, 0.2) is 29.1 Å². The second-order valence-corrected chi connectivity index (χ2v) is 5.43. The van der Waals surface area contributed by atoms with E-state index < -0.39 is 0 Å². The van der Waals surface area contributed by atoms with Crippen molar-refractivity contribution in [2.45, 2.75) is 6.54 Å². The summed E-state index contributed by atoms with van der Waals surface area (Å²) in [5, 5.41) is 2.66. The van der Waals surface area contributed by atoms with Crippen LogP contribution in [0.4, 0.5) is 5.69 Å². The zero-order chi connectivity index (χ0) is 13.1. The fourth-order valence-electron chi connectivity index (χ4n) is 1.61. The summed E-state index contributed by atoms with van der Waals surface area (Å²) in [6, 6.07) is 5.58. The van der Waals surface area contributed by atoms with Gasteiger partial charge in [-0.1, -0.05) is 23.8 Å². The number of benzene rings is 1. The van der Waals surface area contributed by atoms with Gasteiger partial charge >= 0.3 is 0 Å². The first-order valence-corrected chi connectivity index (χ1v) is 6.98. The van der Waals surface area contributed by atoms with Gasteiger partial charge in [-0.15, -0.1) is 11.3 Å². The zero-order valence-electron chi connectivity index (χ0n) is 9.76. The predicted molar refractivity (Wildman–Crippen MR) is 81.6 cm³/mol. The lowest BCUT2D eigenvalue weighted by molar-refractivity contribution is 0.895. The number of hydrogen-bond acceptors (Lipinski definition) is 4. The van der Waals surface area contributed by atoms with Gasteiger partial charge in [-0.2, -0.15) is 0 Å². The zero-order valence-corrected chi connectivity index (χ0v) is 12.1. The fraction of sp³-hybridized carbons (Fsp3) is 0.167. The van der Waals surface area contributed by atoms with Crippen LogP contribution in [0.1, 0.15) is 11.3 Å². The van der Waals surface area contributed by atoms with E-state index in [2.05, 4.69) is 4.98 Å². The minimum Gasteiger partial charge on any atom is -0.389 e. The maximum atomic E-state index is 6.23. The molecule has 2 rings (SSSR count). The lowest BCUT2D eigenvalue weighted by atomic mass is 10.2. The van der Waals surface area contributed by atoms with E-state index in [-0.39, 0.29) is 0 Å². The minimum atomic E-state index is 0.352. The minimum absolute atomic E-state index is 0.352. The van der Waals surface area contributed by atoms with Crippen molar-refractivity contribution in [1.82, 2.24) is 4.98 Å². The number of nitrogens with two attached hydrogens (primary N) is 1. The Kier molecular flexibility index (Phi) is 4.16. The van der Waals surface area contributed by atoms with Gasteiger partial charge in [-0.25, -0.2) is 4.98 Å². The highest BCUT2D eigenvalue weighted by Gasteiger charge is 2.09. The molecule has 0 fully saturated rings. The molecule has 0 unspecified atom stereocenters. The summed E-state index contributed by atoms with van der Waals surface area (Å²) in [5.41, 5.74) is 10.1. The van der Waals surface area contributed by atoms with Crippen molar-refractivity contribution in [3.05, 3.63) is 45.4 Å². The van der Waals surface area contributed by atoms with Crippen molar-refractivity contribution in [2.24, 2.45) is 5.73 Å². The predicted octanol–water partition coefficient (Wildman–Crippen LogP) is 3.07. The molecule has 0 spiro atoms. The average molecular weight is 298 g/mol. The van der Waals surface area contributed by atoms with Gasteiger partial charge in [0.1, 0.15) is 4.99 Å². The molecule has 0 aliphatic carbocycles. The van der Waals surface area contributed by atoms with Gasteiger partial charge in [0, 0.05) is 18.0 Å². The second-order valence-electron chi connectivity index (χ2n) is 3.87. The van der Waals surface area contributed by atoms with Gasteiger partial charge in [0.05, 0.1) is 28.5 Å². The third-order valence-electron chi connectivity index (χ3n) is 2.53. The molecule has 1 aromatic carbocycles. The maximum absolute atomic E-state index is 6.23. The summed E-state index contributed by atoms with van der Waals surface area (Å²) in [5.74, 6) is 0. The molecular weight excluding hydrogens is 286 g/mol. The molecule has 0 atom stereocenters. The van der Waals surface area contributed by atoms with E-state index in [4.69, 9.17) is 29.6 Å². The van der Waals surface area contributed by atoms with Crippen LogP contribution < -0.4 is 10.6 Å². The summed E-state index contributed by atoms with van der Waals surface area (Å²) in [7, 11) is 1.97. The molecule has 2 N–H and O–H groups in total. The highest BCUT2D eigenvalue weighted by atomic mass is 35.5. The topological polar surface area (TPSA) is 42.2 Å². The van der Waals surface area contributed by atoms with Gasteiger partial charge in [0.15, 0.2) is 0 Å². The standard InChI is InChI=1S/C12H12ClN3S2/c1-16(5-9-6-18-7-15-9)11-3-2-8(12(14)17)4-10(11)13/h2-4,6-7H,5H2,1H3,(H2,14,17). The van der Waals surface area contributed by atoms with Crippen LogP contribution in [0, 0.1) is 0 Å². The first-order chi connectivity index (χ1) is 8.58. The van der Waals surface area contributed by atoms with Gasteiger partial charge < -0.3 is 10.6 Å². The van der Waals surface area contributed by atoms with Crippen molar-refractivity contribution >= 4 is 45.8 Å². The molecule has 1 heterocycles. The Labute approximate surface area is 120 Å². The van der Waals surface area contributed by atoms with Crippen LogP contribution in [-0.2, 0) is 6.54 Å². The molecule has 0 amide bonds. The number of halogens is 1. The van der Waals surface area contributed by atoms with E-state index in [1.807, 2.05) is 35.0 Å². The number of thiazole rings is 1. The SMILES string of the molecule is CN(Cc1cscn1)c1ccc(C(N)=S)cc1Cl. The Morgan fingerprint density at radius 3 is 2.89 bits per heavy atom. The molecular formula is C12H12ClN3S2. The summed E-state index contributed by atoms with van der Waals surface area (Å²) in [6.45, 7) is 0.718. The number of thiocarbonyl (C=S) groups is 1. The Bertz CT molecular complexity index is 554. The molecule has 94 valence electrons. The Balaban J connectivity index is 2.20. The molecule has 18 heavy (non-hydrogen) atoms. The van der Waals surface area contributed by atoms with E-state index in [9.17, 15) is 0 Å². The number of hydrogen-bond donors (Lipinski definition) is 1. The highest BCUT2D eigenvalue weighted by molar-refractivity contribution is 7.80. The number of rotatable bonds is 4. The lowest BCUT2D eigenvalue weighted by Gasteiger charge is -2.20. The molecule has 0 aliphatic heterocycles. The van der Waals surface area contributed by atoms with Crippen LogP contribution in [0.5, 0.6) is 0 Å². The Morgan fingerprint density at radius 1 is 1.56 bits per heavy atom. The number of anilines is 1. The molecule has 0 bridgehead atoms. The van der Waals surface area contributed by atoms with Gasteiger partial charge in [-0.3, -0.25) is 0 Å². The highest BCUT2D eigenvalue weighted by Crippen LogP contribution is 2.27. The molecule has 0 aliphatic rings. The largest absolute Gasteiger partial charge is 0.389 e. The molecule has 0 saturated heterocycles. The van der Waals surface area contributed by atoms with Crippen molar-refractivity contribution in [3.63, 3.8) is 0 Å². The average Bonchev–Trinajstić information content (AvgIpc) is 2.81. The van der Waals surface area contributed by atoms with E-state index in [0.29, 0.717) is 10.0 Å². The number of nitrogens with zero attached hydrogens (tertiary/aromatic N) is 2. The van der Waals surface area contributed by atoms with Crippen molar-refractivity contribution in [1.29, 1.82) is 0 Å². The summed E-state index contributed by atoms with van der Waals surface area (Å²) < 4.78 is 0. The van der Waals surface area contributed by atoms with E-state index in [0.717, 1.165) is 23.5 Å². The maximum Gasteiger partial charge on any atom is 0.104 e. The summed E-state index contributed by atoms with van der Waals surface area (Å²) in [6.07, 6.45) is 0. The Hall–Kier alpha value is -1.17. The van der Waals surface area contributed by atoms with Crippen LogP contribution in [0.2, 0.25) is 5.02 Å². The summed E-state index contributed by atoms with van der Waals surface area (Å²) in [4.78, 5) is 6.64. The van der Waals surface area contributed by atoms with Crippen molar-refractivity contribution in [3.8, 4) is 0 Å². The summed E-state index contributed by atoms with van der Waals surface area (Å²) >= 11 is 12.7. The fourth-order valence-corrected chi connectivity index (χ4v) is 2.61. The van der Waals surface area contributed by atoms with Crippen LogP contribution in [-0.4, -0.2) is 17.0 Å². The third kappa shape index (κ3) is 2.98. The second kappa shape index (κ2) is 5.65. The van der Waals surface area contributed by atoms with Crippen molar-refractivity contribution < 1.29 is 0 Å². The first kappa shape index (κ1) is 13.3. The quantitative estimate of drug-likeness (QED) is 0.881. The third-order valence-corrected chi connectivity index (χ3v) is 3.70. The van der Waals surface area contributed by atoms with Crippen molar-refractivity contribution in [2.75, 3.05) is 11.9 Å². The van der Waals surface area contributed by atoms with E-state index >= 15 is 0 Å². The molecule has 1 aromatic heterocycles. The molecule has 2 aromatic rings. The van der Waals surface area contributed by atoms with E-state index in [1.165, 1.54) is 0 Å². The van der Waals surface area contributed by atoms with E-state index in [1.54, 1.807) is 17.4 Å². The van der Waals surface area contributed by atoms with Crippen LogP contribution in [0.25, 0.3) is 0 Å². The van der Waals surface area contributed by atoms with Gasteiger partial charge in [0.25, 0.3) is 0 Å². The number of aromatic nitrogens is 1. The van der Waals surface area contributed by atoms with Gasteiger partial charge in [-0.05, 0) is 18.2 Å². The Morgan fingerprint density at radius 2 is 2.33 bits per heavy atom. The molecule has 3 nitrogen and oxygen atoms in total. The molecule has 0 radical (unpaired) electrons.